The lowest BCUT2D eigenvalue weighted by molar-refractivity contribution is -0.114. The maximum atomic E-state index is 13.3. The van der Waals surface area contributed by atoms with E-state index in [0.29, 0.717) is 35.8 Å². The number of carbonyl (C=O) groups is 2. The summed E-state index contributed by atoms with van der Waals surface area (Å²) in [6.07, 6.45) is 3.99. The molecule has 1 fully saturated rings. The number of hydrogen-bond donors (Lipinski definition) is 0. The Bertz CT molecular complexity index is 918. The van der Waals surface area contributed by atoms with E-state index in [2.05, 4.69) is 29.2 Å². The van der Waals surface area contributed by atoms with E-state index in [1.54, 1.807) is 20.3 Å². The standard InChI is InChI=1S/C25H29NO4/c1-29-22-12-20-15-25(17-27,24(28)21(20)13-23(22)30-2)14-18-8-10-26(11-9-18)16-19-6-4-3-5-7-19/h3-7,12-13,17-18H,8-11,14-16H2,1-2H3. The van der Waals surface area contributed by atoms with Crippen LogP contribution >= 0.6 is 0 Å². The van der Waals surface area contributed by atoms with Gasteiger partial charge in [-0.05, 0) is 68.0 Å². The first-order valence-corrected chi connectivity index (χ1v) is 10.6. The van der Waals surface area contributed by atoms with Gasteiger partial charge >= 0.3 is 0 Å². The number of methoxy groups -OCH3 is 2. The molecule has 5 nitrogen and oxygen atoms in total. The minimum atomic E-state index is -0.952. The number of ether oxygens (including phenoxy) is 2. The van der Waals surface area contributed by atoms with E-state index in [-0.39, 0.29) is 5.78 Å². The Morgan fingerprint density at radius 2 is 1.73 bits per heavy atom. The summed E-state index contributed by atoms with van der Waals surface area (Å²) in [4.78, 5) is 27.9. The van der Waals surface area contributed by atoms with Gasteiger partial charge in [-0.15, -0.1) is 0 Å². The summed E-state index contributed by atoms with van der Waals surface area (Å²) in [7, 11) is 3.14. The van der Waals surface area contributed by atoms with Crippen molar-refractivity contribution in [1.29, 1.82) is 0 Å². The van der Waals surface area contributed by atoms with Gasteiger partial charge in [0.25, 0.3) is 0 Å². The van der Waals surface area contributed by atoms with Gasteiger partial charge in [0.1, 0.15) is 6.29 Å². The molecule has 1 heterocycles. The summed E-state index contributed by atoms with van der Waals surface area (Å²) < 4.78 is 10.7. The molecule has 0 aromatic heterocycles. The first kappa shape index (κ1) is 20.6. The summed E-state index contributed by atoms with van der Waals surface area (Å²) in [6.45, 7) is 2.95. The van der Waals surface area contributed by atoms with Crippen LogP contribution in [0.15, 0.2) is 42.5 Å². The average molecular weight is 408 g/mol. The summed E-state index contributed by atoms with van der Waals surface area (Å²) in [5.74, 6) is 1.44. The van der Waals surface area contributed by atoms with Crippen molar-refractivity contribution in [1.82, 2.24) is 4.90 Å². The van der Waals surface area contributed by atoms with E-state index in [1.165, 1.54) is 5.56 Å². The van der Waals surface area contributed by atoms with E-state index in [9.17, 15) is 9.59 Å². The maximum Gasteiger partial charge on any atom is 0.176 e. The van der Waals surface area contributed by atoms with Crippen molar-refractivity contribution in [2.24, 2.45) is 11.3 Å². The number of hydrogen-bond acceptors (Lipinski definition) is 5. The van der Waals surface area contributed by atoms with Gasteiger partial charge in [-0.1, -0.05) is 30.3 Å². The van der Waals surface area contributed by atoms with E-state index >= 15 is 0 Å². The normalized spacial score (nSPS) is 22.0. The monoisotopic (exact) mass is 407 g/mol. The van der Waals surface area contributed by atoms with Crippen LogP contribution in [0.3, 0.4) is 0 Å². The molecule has 1 aliphatic heterocycles. The van der Waals surface area contributed by atoms with Crippen LogP contribution in [0.1, 0.15) is 40.7 Å². The van der Waals surface area contributed by atoms with Crippen molar-refractivity contribution in [3.63, 3.8) is 0 Å². The lowest BCUT2D eigenvalue weighted by Gasteiger charge is -2.35. The fourth-order valence-electron chi connectivity index (χ4n) is 4.98. The Kier molecular flexibility index (Phi) is 5.91. The second-order valence-corrected chi connectivity index (χ2v) is 8.55. The van der Waals surface area contributed by atoms with Gasteiger partial charge in [-0.25, -0.2) is 0 Å². The van der Waals surface area contributed by atoms with E-state index < -0.39 is 5.41 Å². The molecule has 0 saturated carbocycles. The quantitative estimate of drug-likeness (QED) is 0.514. The van der Waals surface area contributed by atoms with Gasteiger partial charge in [0.05, 0.1) is 19.6 Å². The van der Waals surface area contributed by atoms with Crippen molar-refractivity contribution in [2.75, 3.05) is 27.3 Å². The zero-order chi connectivity index (χ0) is 21.1. The molecule has 0 radical (unpaired) electrons. The molecule has 0 spiro atoms. The number of Topliss-reactive ketones (excluding diaryl/α,β-unsaturated/α-hetero) is 1. The first-order valence-electron chi connectivity index (χ1n) is 10.6. The molecule has 2 aromatic rings. The molecule has 0 N–H and O–H groups in total. The van der Waals surface area contributed by atoms with E-state index in [1.807, 2.05) is 12.1 Å². The van der Waals surface area contributed by atoms with Crippen LogP contribution in [0.25, 0.3) is 0 Å². The lowest BCUT2D eigenvalue weighted by atomic mass is 9.74. The Hall–Kier alpha value is -2.66. The Morgan fingerprint density at radius 3 is 2.37 bits per heavy atom. The Morgan fingerprint density at radius 1 is 1.07 bits per heavy atom. The SMILES string of the molecule is COc1cc2c(cc1OC)C(=O)C(C=O)(CC1CCN(Cc3ccccc3)CC1)C2. The molecular weight excluding hydrogens is 378 g/mol. The first-order chi connectivity index (χ1) is 14.6. The van der Waals surface area contributed by atoms with E-state index in [4.69, 9.17) is 9.47 Å². The van der Waals surface area contributed by atoms with Gasteiger partial charge in [-0.2, -0.15) is 0 Å². The summed E-state index contributed by atoms with van der Waals surface area (Å²) >= 11 is 0. The van der Waals surface area contributed by atoms with Gasteiger partial charge in [0.15, 0.2) is 17.3 Å². The lowest BCUT2D eigenvalue weighted by Crippen LogP contribution is -2.38. The Labute approximate surface area is 178 Å². The van der Waals surface area contributed by atoms with Crippen LogP contribution in [0.2, 0.25) is 0 Å². The number of nitrogens with zero attached hydrogens (tertiary/aromatic N) is 1. The third-order valence-electron chi connectivity index (χ3n) is 6.65. The molecule has 0 bridgehead atoms. The van der Waals surface area contributed by atoms with Gasteiger partial charge in [-0.3, -0.25) is 9.69 Å². The van der Waals surface area contributed by atoms with Crippen molar-refractivity contribution in [2.45, 2.75) is 32.2 Å². The Balaban J connectivity index is 1.43. The maximum absolute atomic E-state index is 13.3. The average Bonchev–Trinajstić information content (AvgIpc) is 3.06. The molecule has 1 unspecified atom stereocenters. The van der Waals surface area contributed by atoms with Crippen molar-refractivity contribution < 1.29 is 19.1 Å². The zero-order valence-corrected chi connectivity index (χ0v) is 17.7. The molecule has 1 aliphatic carbocycles. The summed E-state index contributed by atoms with van der Waals surface area (Å²) in [5.41, 5.74) is 1.85. The van der Waals surface area contributed by atoms with E-state index in [0.717, 1.165) is 44.3 Å². The number of aldehydes is 1. The number of likely N-dealkylation sites (tertiary alicyclic amines) is 1. The molecule has 30 heavy (non-hydrogen) atoms. The summed E-state index contributed by atoms with van der Waals surface area (Å²) in [5, 5.41) is 0. The molecule has 4 rings (SSSR count). The fourth-order valence-corrected chi connectivity index (χ4v) is 4.98. The third kappa shape index (κ3) is 3.86. The minimum absolute atomic E-state index is 0.0693. The second kappa shape index (κ2) is 8.60. The molecule has 0 amide bonds. The largest absolute Gasteiger partial charge is 0.493 e. The molecule has 158 valence electrons. The zero-order valence-electron chi connectivity index (χ0n) is 17.7. The third-order valence-corrected chi connectivity index (χ3v) is 6.65. The van der Waals surface area contributed by atoms with Crippen molar-refractivity contribution in [3.05, 3.63) is 59.2 Å². The van der Waals surface area contributed by atoms with Crippen LogP contribution in [0.4, 0.5) is 0 Å². The fraction of sp³-hybridized carbons (Fsp3) is 0.440. The molecule has 5 heteroatoms. The predicted molar refractivity (Wildman–Crippen MR) is 115 cm³/mol. The highest BCUT2D eigenvalue weighted by Gasteiger charge is 2.47. The number of benzene rings is 2. The highest BCUT2D eigenvalue weighted by Crippen LogP contribution is 2.45. The number of piperidine rings is 1. The van der Waals surface area contributed by atoms with Crippen LogP contribution in [-0.4, -0.2) is 44.3 Å². The van der Waals surface area contributed by atoms with Gasteiger partial charge in [0.2, 0.25) is 0 Å². The van der Waals surface area contributed by atoms with Gasteiger partial charge in [0, 0.05) is 12.1 Å². The minimum Gasteiger partial charge on any atom is -0.493 e. The second-order valence-electron chi connectivity index (χ2n) is 8.55. The molecular formula is C25H29NO4. The van der Waals surface area contributed by atoms with Crippen LogP contribution in [-0.2, 0) is 17.8 Å². The van der Waals surface area contributed by atoms with Crippen molar-refractivity contribution >= 4 is 12.1 Å². The highest BCUT2D eigenvalue weighted by molar-refractivity contribution is 6.13. The number of ketones is 1. The number of fused-ring (bicyclic) bond motifs is 1. The predicted octanol–water partition coefficient (Wildman–Crippen LogP) is 3.93. The number of carbonyl (C=O) groups excluding carboxylic acids is 2. The molecule has 1 saturated heterocycles. The smallest absolute Gasteiger partial charge is 0.176 e. The molecule has 2 aromatic carbocycles. The molecule has 2 aliphatic rings. The summed E-state index contributed by atoms with van der Waals surface area (Å²) in [6, 6.07) is 14.1. The van der Waals surface area contributed by atoms with Crippen LogP contribution < -0.4 is 9.47 Å². The number of rotatable bonds is 7. The van der Waals surface area contributed by atoms with Gasteiger partial charge < -0.3 is 14.3 Å². The van der Waals surface area contributed by atoms with Crippen molar-refractivity contribution in [3.8, 4) is 11.5 Å². The molecule has 1 atom stereocenters. The van der Waals surface area contributed by atoms with Crippen LogP contribution in [0.5, 0.6) is 11.5 Å². The van der Waals surface area contributed by atoms with Crippen LogP contribution in [0, 0.1) is 11.3 Å². The topological polar surface area (TPSA) is 55.8 Å². The highest BCUT2D eigenvalue weighted by atomic mass is 16.5.